The maximum atomic E-state index is 9.66. The van der Waals surface area contributed by atoms with E-state index in [1.807, 2.05) is 19.1 Å². The Morgan fingerprint density at radius 2 is 2.47 bits per heavy atom. The zero-order valence-corrected chi connectivity index (χ0v) is 8.93. The van der Waals surface area contributed by atoms with E-state index in [0.29, 0.717) is 5.69 Å². The SMILES string of the molecule is C[C@H](O)[C@@H]1CCCN1c1ncccc1N. The quantitative estimate of drug-likeness (QED) is 0.760. The maximum Gasteiger partial charge on any atom is 0.152 e. The predicted octanol–water partition coefficient (Wildman–Crippen LogP) is 1.01. The van der Waals surface area contributed by atoms with Crippen molar-refractivity contribution in [2.45, 2.75) is 31.9 Å². The van der Waals surface area contributed by atoms with Gasteiger partial charge in [-0.05, 0) is 31.9 Å². The van der Waals surface area contributed by atoms with E-state index < -0.39 is 0 Å². The van der Waals surface area contributed by atoms with Crippen molar-refractivity contribution < 1.29 is 5.11 Å². The van der Waals surface area contributed by atoms with Gasteiger partial charge in [0.2, 0.25) is 0 Å². The van der Waals surface area contributed by atoms with Gasteiger partial charge in [0.1, 0.15) is 0 Å². The van der Waals surface area contributed by atoms with Gasteiger partial charge in [0, 0.05) is 12.7 Å². The molecule has 1 aromatic rings. The third kappa shape index (κ3) is 1.90. The second-order valence-electron chi connectivity index (χ2n) is 4.06. The predicted molar refractivity (Wildman–Crippen MR) is 60.7 cm³/mol. The molecule has 1 aliphatic rings. The molecule has 1 aromatic heterocycles. The number of hydrogen-bond acceptors (Lipinski definition) is 4. The lowest BCUT2D eigenvalue weighted by atomic mass is 10.1. The van der Waals surface area contributed by atoms with Gasteiger partial charge >= 0.3 is 0 Å². The van der Waals surface area contributed by atoms with Gasteiger partial charge in [0.15, 0.2) is 5.82 Å². The molecule has 82 valence electrons. The number of aliphatic hydroxyl groups excluding tert-OH is 1. The number of pyridine rings is 1. The first-order valence-corrected chi connectivity index (χ1v) is 5.35. The van der Waals surface area contributed by atoms with Crippen molar-refractivity contribution in [3.8, 4) is 0 Å². The molecule has 0 bridgehead atoms. The molecule has 4 nitrogen and oxygen atoms in total. The van der Waals surface area contributed by atoms with E-state index >= 15 is 0 Å². The van der Waals surface area contributed by atoms with E-state index in [1.54, 1.807) is 6.20 Å². The third-order valence-electron chi connectivity index (χ3n) is 2.95. The van der Waals surface area contributed by atoms with Gasteiger partial charge < -0.3 is 15.7 Å². The summed E-state index contributed by atoms with van der Waals surface area (Å²) >= 11 is 0. The van der Waals surface area contributed by atoms with Gasteiger partial charge in [-0.15, -0.1) is 0 Å². The minimum Gasteiger partial charge on any atom is -0.396 e. The first-order valence-electron chi connectivity index (χ1n) is 5.35. The highest BCUT2D eigenvalue weighted by atomic mass is 16.3. The molecule has 2 heterocycles. The van der Waals surface area contributed by atoms with Crippen molar-refractivity contribution in [3.63, 3.8) is 0 Å². The Labute approximate surface area is 89.7 Å². The molecular weight excluding hydrogens is 190 g/mol. The Balaban J connectivity index is 2.27. The van der Waals surface area contributed by atoms with Crippen LogP contribution >= 0.6 is 0 Å². The molecular formula is C11H17N3O. The number of anilines is 2. The molecule has 0 radical (unpaired) electrons. The number of nitrogens with two attached hydrogens (primary N) is 1. The molecule has 15 heavy (non-hydrogen) atoms. The monoisotopic (exact) mass is 207 g/mol. The van der Waals surface area contributed by atoms with Gasteiger partial charge in [0.05, 0.1) is 17.8 Å². The molecule has 0 saturated carbocycles. The number of aromatic nitrogens is 1. The Bertz CT molecular complexity index is 340. The van der Waals surface area contributed by atoms with Crippen LogP contribution in [0.1, 0.15) is 19.8 Å². The van der Waals surface area contributed by atoms with Crippen LogP contribution in [-0.2, 0) is 0 Å². The van der Waals surface area contributed by atoms with Crippen LogP contribution in [0.5, 0.6) is 0 Å². The normalized spacial score (nSPS) is 23.1. The second-order valence-corrected chi connectivity index (χ2v) is 4.06. The molecule has 3 N–H and O–H groups in total. The van der Waals surface area contributed by atoms with Crippen molar-refractivity contribution in [2.75, 3.05) is 17.2 Å². The van der Waals surface area contributed by atoms with Gasteiger partial charge in [-0.3, -0.25) is 0 Å². The van der Waals surface area contributed by atoms with Crippen LogP contribution in [-0.4, -0.2) is 28.8 Å². The Kier molecular flexibility index (Phi) is 2.77. The topological polar surface area (TPSA) is 62.4 Å². The molecule has 2 rings (SSSR count). The summed E-state index contributed by atoms with van der Waals surface area (Å²) in [4.78, 5) is 6.39. The highest BCUT2D eigenvalue weighted by Crippen LogP contribution is 2.29. The summed E-state index contributed by atoms with van der Waals surface area (Å²) in [5.74, 6) is 0.806. The average molecular weight is 207 g/mol. The molecule has 4 heteroatoms. The van der Waals surface area contributed by atoms with E-state index in [9.17, 15) is 5.11 Å². The van der Waals surface area contributed by atoms with Gasteiger partial charge in [-0.25, -0.2) is 4.98 Å². The minimum absolute atomic E-state index is 0.155. The average Bonchev–Trinajstić information content (AvgIpc) is 2.67. The first-order chi connectivity index (χ1) is 7.20. The van der Waals surface area contributed by atoms with E-state index in [1.165, 1.54) is 0 Å². The van der Waals surface area contributed by atoms with Crippen LogP contribution < -0.4 is 10.6 Å². The number of nitrogen functional groups attached to an aromatic ring is 1. The van der Waals surface area contributed by atoms with Crippen LogP contribution in [0.3, 0.4) is 0 Å². The number of aliphatic hydroxyl groups is 1. The zero-order chi connectivity index (χ0) is 10.8. The van der Waals surface area contributed by atoms with E-state index in [2.05, 4.69) is 9.88 Å². The molecule has 1 aliphatic heterocycles. The number of hydrogen-bond donors (Lipinski definition) is 2. The van der Waals surface area contributed by atoms with Gasteiger partial charge in [-0.2, -0.15) is 0 Å². The lowest BCUT2D eigenvalue weighted by Crippen LogP contribution is -2.38. The van der Waals surface area contributed by atoms with E-state index in [0.717, 1.165) is 25.2 Å². The summed E-state index contributed by atoms with van der Waals surface area (Å²) in [6, 6.07) is 3.83. The van der Waals surface area contributed by atoms with E-state index in [4.69, 9.17) is 5.73 Å². The summed E-state index contributed by atoms with van der Waals surface area (Å²) in [6.07, 6.45) is 3.50. The van der Waals surface area contributed by atoms with Crippen molar-refractivity contribution >= 4 is 11.5 Å². The minimum atomic E-state index is -0.339. The molecule has 1 fully saturated rings. The first kappa shape index (κ1) is 10.2. The third-order valence-corrected chi connectivity index (χ3v) is 2.95. The fourth-order valence-electron chi connectivity index (χ4n) is 2.21. The molecule has 1 saturated heterocycles. The highest BCUT2D eigenvalue weighted by molar-refractivity contribution is 5.63. The maximum absolute atomic E-state index is 9.66. The molecule has 0 aromatic carbocycles. The van der Waals surface area contributed by atoms with Crippen LogP contribution in [0.4, 0.5) is 11.5 Å². The van der Waals surface area contributed by atoms with Crippen molar-refractivity contribution in [1.82, 2.24) is 4.98 Å². The highest BCUT2D eigenvalue weighted by Gasteiger charge is 2.29. The summed E-state index contributed by atoms with van der Waals surface area (Å²) in [5, 5.41) is 9.66. The van der Waals surface area contributed by atoms with E-state index in [-0.39, 0.29) is 12.1 Å². The van der Waals surface area contributed by atoms with Crippen molar-refractivity contribution in [2.24, 2.45) is 0 Å². The van der Waals surface area contributed by atoms with Gasteiger partial charge in [-0.1, -0.05) is 0 Å². The number of nitrogens with zero attached hydrogens (tertiary/aromatic N) is 2. The van der Waals surface area contributed by atoms with Crippen LogP contribution in [0.25, 0.3) is 0 Å². The summed E-state index contributed by atoms with van der Waals surface area (Å²) in [6.45, 7) is 2.75. The largest absolute Gasteiger partial charge is 0.396 e. The zero-order valence-electron chi connectivity index (χ0n) is 8.93. The Hall–Kier alpha value is -1.29. The lowest BCUT2D eigenvalue weighted by Gasteiger charge is -2.28. The molecule has 0 amide bonds. The van der Waals surface area contributed by atoms with Crippen LogP contribution in [0.15, 0.2) is 18.3 Å². The molecule has 0 spiro atoms. The smallest absolute Gasteiger partial charge is 0.152 e. The Morgan fingerprint density at radius 1 is 1.67 bits per heavy atom. The van der Waals surface area contributed by atoms with Crippen LogP contribution in [0.2, 0.25) is 0 Å². The molecule has 2 atom stereocenters. The van der Waals surface area contributed by atoms with Crippen molar-refractivity contribution in [1.29, 1.82) is 0 Å². The summed E-state index contributed by atoms with van der Waals surface area (Å²) in [5.41, 5.74) is 6.56. The van der Waals surface area contributed by atoms with Crippen LogP contribution in [0, 0.1) is 0 Å². The molecule has 0 unspecified atom stereocenters. The van der Waals surface area contributed by atoms with Gasteiger partial charge in [0.25, 0.3) is 0 Å². The fraction of sp³-hybridized carbons (Fsp3) is 0.545. The molecule has 0 aliphatic carbocycles. The lowest BCUT2D eigenvalue weighted by molar-refractivity contribution is 0.164. The summed E-state index contributed by atoms with van der Waals surface area (Å²) in [7, 11) is 0. The number of rotatable bonds is 2. The Morgan fingerprint density at radius 3 is 3.13 bits per heavy atom. The second kappa shape index (κ2) is 4.06. The summed E-state index contributed by atoms with van der Waals surface area (Å²) < 4.78 is 0. The standard InChI is InChI=1S/C11H17N3O/c1-8(15)10-5-3-7-14(10)11-9(12)4-2-6-13-11/h2,4,6,8,10,15H,3,5,7,12H2,1H3/t8-,10-/m0/s1. The van der Waals surface area contributed by atoms with Crippen molar-refractivity contribution in [3.05, 3.63) is 18.3 Å². The fourth-order valence-corrected chi connectivity index (χ4v) is 2.21.